The van der Waals surface area contributed by atoms with Gasteiger partial charge < -0.3 is 0 Å². The van der Waals surface area contributed by atoms with E-state index in [-0.39, 0.29) is 0 Å². The summed E-state index contributed by atoms with van der Waals surface area (Å²) in [4.78, 5) is 0. The van der Waals surface area contributed by atoms with Crippen molar-refractivity contribution in [3.05, 3.63) is 54.1 Å². The summed E-state index contributed by atoms with van der Waals surface area (Å²) in [6.07, 6.45) is 15.9. The molecule has 0 radical (unpaired) electrons. The molecule has 4 unspecified atom stereocenters. The molecule has 114 valence electrons. The maximum atomic E-state index is 2.47. The maximum absolute atomic E-state index is 2.47. The van der Waals surface area contributed by atoms with E-state index in [4.69, 9.17) is 0 Å². The van der Waals surface area contributed by atoms with E-state index in [1.54, 1.807) is 5.57 Å². The van der Waals surface area contributed by atoms with E-state index in [0.29, 0.717) is 0 Å². The molecule has 0 saturated heterocycles. The molecular formula is C20H28S. The number of fused-ring (bicyclic) bond motifs is 1. The van der Waals surface area contributed by atoms with Crippen molar-refractivity contribution in [1.82, 2.24) is 0 Å². The van der Waals surface area contributed by atoms with Gasteiger partial charge in [0.15, 0.2) is 0 Å². The van der Waals surface area contributed by atoms with Crippen molar-refractivity contribution in [1.29, 1.82) is 0 Å². The summed E-state index contributed by atoms with van der Waals surface area (Å²) < 4.78 is 0. The Morgan fingerprint density at radius 3 is 2.48 bits per heavy atom. The molecule has 1 saturated carbocycles. The van der Waals surface area contributed by atoms with Crippen LogP contribution in [0.4, 0.5) is 0 Å². The van der Waals surface area contributed by atoms with Crippen LogP contribution in [0.25, 0.3) is 5.57 Å². The van der Waals surface area contributed by atoms with Crippen molar-refractivity contribution >= 4 is 15.6 Å². The molecule has 0 spiro atoms. The van der Waals surface area contributed by atoms with Crippen LogP contribution < -0.4 is 0 Å². The van der Waals surface area contributed by atoms with Gasteiger partial charge in [0.05, 0.1) is 0 Å². The minimum absolute atomic E-state index is 0.438. The predicted molar refractivity (Wildman–Crippen MR) is 98.0 cm³/mol. The number of allylic oxidation sites excluding steroid dienone is 4. The van der Waals surface area contributed by atoms with Crippen LogP contribution in [-0.4, -0.2) is 24.5 Å². The lowest BCUT2D eigenvalue weighted by atomic mass is 9.76. The van der Waals surface area contributed by atoms with Gasteiger partial charge in [-0.2, -0.15) is 0 Å². The maximum Gasteiger partial charge on any atom is -0.00547 e. The molecule has 1 aromatic rings. The summed E-state index contributed by atoms with van der Waals surface area (Å²) in [6, 6.07) is 11.0. The molecule has 0 aromatic heterocycles. The first kappa shape index (κ1) is 15.0. The largest absolute Gasteiger partial charge is 0.249 e. The van der Waals surface area contributed by atoms with Crippen LogP contribution in [0, 0.1) is 23.7 Å². The third kappa shape index (κ3) is 3.13. The highest BCUT2D eigenvalue weighted by Gasteiger charge is 2.43. The van der Waals surface area contributed by atoms with Gasteiger partial charge in [0, 0.05) is 0 Å². The van der Waals surface area contributed by atoms with Crippen molar-refractivity contribution in [2.75, 3.05) is 24.5 Å². The van der Waals surface area contributed by atoms with Crippen LogP contribution in [-0.2, 0) is 0 Å². The first-order chi connectivity index (χ1) is 9.96. The van der Waals surface area contributed by atoms with Crippen LogP contribution >= 0.6 is 10.0 Å². The second kappa shape index (κ2) is 5.68. The van der Waals surface area contributed by atoms with E-state index in [9.17, 15) is 0 Å². The molecule has 21 heavy (non-hydrogen) atoms. The minimum Gasteiger partial charge on any atom is -0.249 e. The van der Waals surface area contributed by atoms with Crippen molar-refractivity contribution in [2.24, 2.45) is 23.7 Å². The van der Waals surface area contributed by atoms with Gasteiger partial charge in [0.25, 0.3) is 0 Å². The van der Waals surface area contributed by atoms with Gasteiger partial charge in [-0.05, 0) is 65.7 Å². The van der Waals surface area contributed by atoms with Crippen molar-refractivity contribution in [3.63, 3.8) is 0 Å². The van der Waals surface area contributed by atoms with Gasteiger partial charge in [0.1, 0.15) is 0 Å². The fourth-order valence-electron chi connectivity index (χ4n) is 4.35. The van der Waals surface area contributed by atoms with Crippen molar-refractivity contribution < 1.29 is 0 Å². The second-order valence-corrected chi connectivity index (χ2v) is 12.2. The van der Waals surface area contributed by atoms with E-state index in [1.807, 2.05) is 0 Å². The number of benzene rings is 1. The van der Waals surface area contributed by atoms with Gasteiger partial charge >= 0.3 is 0 Å². The molecule has 0 heterocycles. The number of hydrogen-bond donors (Lipinski definition) is 0. The Balaban J connectivity index is 1.94. The van der Waals surface area contributed by atoms with E-state index in [0.717, 1.165) is 23.7 Å². The Morgan fingerprint density at radius 2 is 1.81 bits per heavy atom. The zero-order valence-electron chi connectivity index (χ0n) is 13.8. The standard InChI is InChI=1S/C20H28S/c1-15-13-17(14-21(2,3)4)20-18(15)11-8-12-19(20)16-9-6-5-7-10-16/h5-12,15,17-18,20H,13-14H2,1-4H3. The second-order valence-electron chi connectivity index (χ2n) is 7.71. The quantitative estimate of drug-likeness (QED) is 0.717. The average Bonchev–Trinajstić information content (AvgIpc) is 2.75. The molecule has 2 aliphatic rings. The zero-order valence-corrected chi connectivity index (χ0v) is 14.6. The number of hydrogen-bond acceptors (Lipinski definition) is 0. The van der Waals surface area contributed by atoms with Gasteiger partial charge in [-0.25, -0.2) is 10.0 Å². The topological polar surface area (TPSA) is 0 Å². The molecule has 3 rings (SSSR count). The van der Waals surface area contributed by atoms with Crippen LogP contribution in [0.3, 0.4) is 0 Å². The van der Waals surface area contributed by atoms with Crippen LogP contribution in [0.2, 0.25) is 0 Å². The first-order valence-corrected chi connectivity index (χ1v) is 11.1. The molecule has 4 atom stereocenters. The fraction of sp³-hybridized carbons (Fsp3) is 0.500. The molecule has 0 amide bonds. The Labute approximate surface area is 131 Å². The molecule has 0 bridgehead atoms. The molecule has 1 fully saturated rings. The Kier molecular flexibility index (Phi) is 4.05. The van der Waals surface area contributed by atoms with Crippen molar-refractivity contribution in [3.8, 4) is 0 Å². The summed E-state index contributed by atoms with van der Waals surface area (Å²) in [7, 11) is -0.438. The SMILES string of the molecule is CC1CC(CS(C)(C)C)C2C(c3ccccc3)=CC=CC12. The van der Waals surface area contributed by atoms with Gasteiger partial charge in [-0.1, -0.05) is 55.5 Å². The molecular weight excluding hydrogens is 272 g/mol. The lowest BCUT2D eigenvalue weighted by Gasteiger charge is -2.35. The summed E-state index contributed by atoms with van der Waals surface area (Å²) in [6.45, 7) is 2.45. The van der Waals surface area contributed by atoms with E-state index in [1.165, 1.54) is 17.7 Å². The summed E-state index contributed by atoms with van der Waals surface area (Å²) in [5.41, 5.74) is 3.01. The lowest BCUT2D eigenvalue weighted by molar-refractivity contribution is 0.442. The van der Waals surface area contributed by atoms with Crippen LogP contribution in [0.1, 0.15) is 18.9 Å². The fourth-order valence-corrected chi connectivity index (χ4v) is 5.98. The highest BCUT2D eigenvalue weighted by Crippen LogP contribution is 2.54. The predicted octanol–water partition coefficient (Wildman–Crippen LogP) is 5.22. The highest BCUT2D eigenvalue weighted by molar-refractivity contribution is 8.32. The Bertz CT molecular complexity index is 547. The third-order valence-corrected chi connectivity index (χ3v) is 6.47. The number of rotatable bonds is 3. The van der Waals surface area contributed by atoms with Crippen LogP contribution in [0.15, 0.2) is 48.6 Å². The molecule has 0 N–H and O–H groups in total. The lowest BCUT2D eigenvalue weighted by Crippen LogP contribution is -2.23. The van der Waals surface area contributed by atoms with Gasteiger partial charge in [-0.3, -0.25) is 0 Å². The molecule has 1 aromatic carbocycles. The van der Waals surface area contributed by atoms with Gasteiger partial charge in [0.2, 0.25) is 0 Å². The molecule has 0 nitrogen and oxygen atoms in total. The first-order valence-electron chi connectivity index (χ1n) is 8.05. The summed E-state index contributed by atoms with van der Waals surface area (Å²) in [5.74, 6) is 4.58. The Hall–Kier alpha value is -0.950. The minimum atomic E-state index is -0.438. The average molecular weight is 301 g/mol. The molecule has 2 aliphatic carbocycles. The summed E-state index contributed by atoms with van der Waals surface area (Å²) >= 11 is 0. The highest BCUT2D eigenvalue weighted by atomic mass is 32.3. The van der Waals surface area contributed by atoms with Crippen LogP contribution in [0.5, 0.6) is 0 Å². The van der Waals surface area contributed by atoms with Gasteiger partial charge in [-0.15, -0.1) is 0 Å². The van der Waals surface area contributed by atoms with E-state index < -0.39 is 10.0 Å². The van der Waals surface area contributed by atoms with E-state index in [2.05, 4.69) is 74.3 Å². The monoisotopic (exact) mass is 300 g/mol. The normalized spacial score (nSPS) is 32.7. The Morgan fingerprint density at radius 1 is 1.10 bits per heavy atom. The zero-order chi connectivity index (χ0) is 15.0. The molecule has 0 aliphatic heterocycles. The smallest absolute Gasteiger partial charge is 0.00547 e. The van der Waals surface area contributed by atoms with E-state index >= 15 is 0 Å². The summed E-state index contributed by atoms with van der Waals surface area (Å²) in [5, 5.41) is 0. The molecule has 1 heteroatoms. The third-order valence-electron chi connectivity index (χ3n) is 5.04. The van der Waals surface area contributed by atoms with Crippen molar-refractivity contribution in [2.45, 2.75) is 13.3 Å².